The average Bonchev–Trinajstić information content (AvgIpc) is 2.37. The van der Waals surface area contributed by atoms with Gasteiger partial charge in [-0.2, -0.15) is 0 Å². The number of carbonyl (C=O) groups is 1. The second-order valence-electron chi connectivity index (χ2n) is 4.78. The summed E-state index contributed by atoms with van der Waals surface area (Å²) in [5, 5.41) is 2.88. The van der Waals surface area contributed by atoms with Crippen molar-refractivity contribution in [2.45, 2.75) is 46.1 Å². The van der Waals surface area contributed by atoms with E-state index in [4.69, 9.17) is 10.5 Å². The highest BCUT2D eigenvalue weighted by atomic mass is 16.5. The molecule has 0 aliphatic rings. The van der Waals surface area contributed by atoms with Gasteiger partial charge in [0.2, 0.25) is 0 Å². The lowest BCUT2D eigenvalue weighted by Gasteiger charge is -2.16. The van der Waals surface area contributed by atoms with Gasteiger partial charge >= 0.3 is 0 Å². The summed E-state index contributed by atoms with van der Waals surface area (Å²) in [4.78, 5) is 11.8. The molecule has 0 fully saturated rings. The summed E-state index contributed by atoms with van der Waals surface area (Å²) in [6, 6.07) is 5.40. The summed E-state index contributed by atoms with van der Waals surface area (Å²) >= 11 is 0. The summed E-state index contributed by atoms with van der Waals surface area (Å²) in [7, 11) is 0. The summed E-state index contributed by atoms with van der Waals surface area (Å²) in [5.74, 6) is 0.623. The van der Waals surface area contributed by atoms with Gasteiger partial charge in [-0.1, -0.05) is 19.8 Å². The van der Waals surface area contributed by atoms with Crippen LogP contribution in [0.4, 0.5) is 5.69 Å². The third kappa shape index (κ3) is 5.20. The number of hydrogen-bond donors (Lipinski definition) is 2. The number of amides is 1. The number of nitrogens with one attached hydrogen (secondary N) is 1. The minimum absolute atomic E-state index is 0.0765. The number of anilines is 1. The van der Waals surface area contributed by atoms with Gasteiger partial charge in [0, 0.05) is 12.2 Å². The van der Waals surface area contributed by atoms with Crippen LogP contribution in [0.15, 0.2) is 18.2 Å². The zero-order valence-electron chi connectivity index (χ0n) is 12.0. The largest absolute Gasteiger partial charge is 0.481 e. The number of benzene rings is 1. The third-order valence-electron chi connectivity index (χ3n) is 2.95. The summed E-state index contributed by atoms with van der Waals surface area (Å²) in [6.07, 6.45) is 2.79. The molecule has 4 heteroatoms. The van der Waals surface area contributed by atoms with Crippen molar-refractivity contribution < 1.29 is 9.53 Å². The van der Waals surface area contributed by atoms with Crippen molar-refractivity contribution in [1.29, 1.82) is 0 Å². The number of nitrogens with two attached hydrogens (primary N) is 1. The van der Waals surface area contributed by atoms with Crippen molar-refractivity contribution in [3.05, 3.63) is 23.8 Å². The Hall–Kier alpha value is -1.71. The van der Waals surface area contributed by atoms with Gasteiger partial charge in [-0.3, -0.25) is 4.79 Å². The van der Waals surface area contributed by atoms with Gasteiger partial charge in [0.25, 0.3) is 5.91 Å². The molecule has 1 amide bonds. The molecular weight excluding hydrogens is 240 g/mol. The van der Waals surface area contributed by atoms with E-state index in [0.29, 0.717) is 18.0 Å². The van der Waals surface area contributed by atoms with Crippen LogP contribution in [0, 0.1) is 6.92 Å². The van der Waals surface area contributed by atoms with Crippen LogP contribution in [-0.4, -0.2) is 18.6 Å². The second kappa shape index (κ2) is 7.67. The number of ether oxygens (including phenoxy) is 1. The Kier molecular flexibility index (Phi) is 6.19. The smallest absolute Gasteiger partial charge is 0.260 e. The molecule has 0 aliphatic carbocycles. The zero-order valence-corrected chi connectivity index (χ0v) is 12.0. The molecule has 0 bridgehead atoms. The van der Waals surface area contributed by atoms with E-state index in [1.54, 1.807) is 19.1 Å². The monoisotopic (exact) mass is 264 g/mol. The molecule has 0 saturated heterocycles. The first-order valence-corrected chi connectivity index (χ1v) is 6.85. The molecule has 0 aromatic heterocycles. The van der Waals surface area contributed by atoms with E-state index in [-0.39, 0.29) is 5.91 Å². The van der Waals surface area contributed by atoms with Gasteiger partial charge in [0.15, 0.2) is 6.10 Å². The van der Waals surface area contributed by atoms with Gasteiger partial charge in [0.1, 0.15) is 5.75 Å². The fourth-order valence-electron chi connectivity index (χ4n) is 1.78. The van der Waals surface area contributed by atoms with E-state index in [1.165, 1.54) is 0 Å². The molecule has 1 unspecified atom stereocenters. The summed E-state index contributed by atoms with van der Waals surface area (Å²) in [6.45, 7) is 6.51. The first-order valence-electron chi connectivity index (χ1n) is 6.85. The minimum atomic E-state index is -0.496. The Morgan fingerprint density at radius 3 is 2.79 bits per heavy atom. The van der Waals surface area contributed by atoms with Crippen molar-refractivity contribution in [1.82, 2.24) is 5.32 Å². The highest BCUT2D eigenvalue weighted by molar-refractivity contribution is 5.80. The van der Waals surface area contributed by atoms with Gasteiger partial charge < -0.3 is 15.8 Å². The normalized spacial score (nSPS) is 11.9. The maximum Gasteiger partial charge on any atom is 0.260 e. The molecule has 106 valence electrons. The van der Waals surface area contributed by atoms with Crippen molar-refractivity contribution in [3.8, 4) is 5.75 Å². The van der Waals surface area contributed by atoms with Crippen molar-refractivity contribution in [2.75, 3.05) is 12.3 Å². The number of aryl methyl sites for hydroxylation is 1. The van der Waals surface area contributed by atoms with Gasteiger partial charge in [-0.05, 0) is 44.0 Å². The Bertz CT molecular complexity index is 419. The molecule has 3 N–H and O–H groups in total. The number of carbonyl (C=O) groups excluding carboxylic acids is 1. The molecule has 0 heterocycles. The van der Waals surface area contributed by atoms with Crippen molar-refractivity contribution >= 4 is 11.6 Å². The Morgan fingerprint density at radius 2 is 2.16 bits per heavy atom. The first-order chi connectivity index (χ1) is 9.04. The van der Waals surface area contributed by atoms with Gasteiger partial charge in [-0.25, -0.2) is 0 Å². The zero-order chi connectivity index (χ0) is 14.3. The van der Waals surface area contributed by atoms with E-state index < -0.39 is 6.10 Å². The topological polar surface area (TPSA) is 64.3 Å². The quantitative estimate of drug-likeness (QED) is 0.588. The predicted molar refractivity (Wildman–Crippen MR) is 78.2 cm³/mol. The molecule has 1 rings (SSSR count). The predicted octanol–water partition coefficient (Wildman–Crippen LogP) is 2.65. The summed E-state index contributed by atoms with van der Waals surface area (Å²) < 4.78 is 5.65. The molecular formula is C15H24N2O2. The Balaban J connectivity index is 2.45. The van der Waals surface area contributed by atoms with E-state index in [0.717, 1.165) is 24.8 Å². The maximum atomic E-state index is 11.8. The van der Waals surface area contributed by atoms with Crippen LogP contribution in [-0.2, 0) is 4.79 Å². The molecule has 0 spiro atoms. The van der Waals surface area contributed by atoms with Crippen LogP contribution < -0.4 is 15.8 Å². The fourth-order valence-corrected chi connectivity index (χ4v) is 1.78. The lowest BCUT2D eigenvalue weighted by atomic mass is 10.2. The van der Waals surface area contributed by atoms with Crippen LogP contribution in [0.1, 0.15) is 38.7 Å². The molecule has 1 aromatic rings. The molecule has 0 radical (unpaired) electrons. The fraction of sp³-hybridized carbons (Fsp3) is 0.533. The highest BCUT2D eigenvalue weighted by Gasteiger charge is 2.14. The number of hydrogen-bond acceptors (Lipinski definition) is 3. The van der Waals surface area contributed by atoms with Crippen LogP contribution in [0.5, 0.6) is 5.75 Å². The van der Waals surface area contributed by atoms with Gasteiger partial charge in [0.05, 0.1) is 0 Å². The number of unbranched alkanes of at least 4 members (excludes halogenated alkanes) is 2. The Labute approximate surface area is 115 Å². The van der Waals surface area contributed by atoms with E-state index in [1.807, 2.05) is 13.0 Å². The molecule has 1 atom stereocenters. The lowest BCUT2D eigenvalue weighted by Crippen LogP contribution is -2.36. The molecule has 0 aliphatic heterocycles. The molecule has 0 saturated carbocycles. The number of nitrogen functional groups attached to an aromatic ring is 1. The second-order valence-corrected chi connectivity index (χ2v) is 4.78. The van der Waals surface area contributed by atoms with E-state index in [9.17, 15) is 4.79 Å². The lowest BCUT2D eigenvalue weighted by molar-refractivity contribution is -0.127. The van der Waals surface area contributed by atoms with E-state index in [2.05, 4.69) is 12.2 Å². The SMILES string of the molecule is CCCCCNC(=O)C(C)Oc1ccc(N)cc1C. The third-order valence-corrected chi connectivity index (χ3v) is 2.95. The highest BCUT2D eigenvalue weighted by Crippen LogP contribution is 2.21. The molecule has 4 nitrogen and oxygen atoms in total. The molecule has 19 heavy (non-hydrogen) atoms. The van der Waals surface area contributed by atoms with E-state index >= 15 is 0 Å². The summed E-state index contributed by atoms with van der Waals surface area (Å²) in [5.41, 5.74) is 7.31. The average molecular weight is 264 g/mol. The first kappa shape index (κ1) is 15.3. The van der Waals surface area contributed by atoms with Crippen LogP contribution >= 0.6 is 0 Å². The van der Waals surface area contributed by atoms with Crippen molar-refractivity contribution in [3.63, 3.8) is 0 Å². The standard InChI is InChI=1S/C15H24N2O2/c1-4-5-6-9-17-15(18)12(3)19-14-8-7-13(16)10-11(14)2/h7-8,10,12H,4-6,9,16H2,1-3H3,(H,17,18). The number of rotatable bonds is 7. The molecule has 1 aromatic carbocycles. The van der Waals surface area contributed by atoms with Crippen LogP contribution in [0.2, 0.25) is 0 Å². The van der Waals surface area contributed by atoms with Gasteiger partial charge in [-0.15, -0.1) is 0 Å². The van der Waals surface area contributed by atoms with Crippen LogP contribution in [0.3, 0.4) is 0 Å². The van der Waals surface area contributed by atoms with Crippen molar-refractivity contribution in [2.24, 2.45) is 0 Å². The maximum absolute atomic E-state index is 11.8. The Morgan fingerprint density at radius 1 is 1.42 bits per heavy atom. The minimum Gasteiger partial charge on any atom is -0.481 e. The van der Waals surface area contributed by atoms with Crippen LogP contribution in [0.25, 0.3) is 0 Å².